The highest BCUT2D eigenvalue weighted by Crippen LogP contribution is 2.25. The summed E-state index contributed by atoms with van der Waals surface area (Å²) in [5.41, 5.74) is 0. The molecular formula is C10H20O2. The fourth-order valence-electron chi connectivity index (χ4n) is 1.59. The molecule has 0 aliphatic carbocycles. The highest BCUT2D eigenvalue weighted by Gasteiger charge is 2.31. The Morgan fingerprint density at radius 3 is 2.33 bits per heavy atom. The van der Waals surface area contributed by atoms with Gasteiger partial charge < -0.3 is 9.47 Å². The Bertz CT molecular complexity index is 134. The number of hydrogen-bond acceptors (Lipinski definition) is 2. The molecule has 0 aromatic heterocycles. The molecule has 0 bridgehead atoms. The molecule has 2 heteroatoms. The first kappa shape index (κ1) is 10.0. The molecule has 0 aromatic rings. The second-order valence-electron chi connectivity index (χ2n) is 3.98. The Balaban J connectivity index is 2.33. The largest absolute Gasteiger partial charge is 0.347 e. The smallest absolute Gasteiger partial charge is 0.158 e. The van der Waals surface area contributed by atoms with E-state index in [2.05, 4.69) is 27.7 Å². The Morgan fingerprint density at radius 1 is 1.25 bits per heavy atom. The Morgan fingerprint density at radius 2 is 1.92 bits per heavy atom. The van der Waals surface area contributed by atoms with E-state index in [-0.39, 0.29) is 12.4 Å². The zero-order chi connectivity index (χ0) is 9.14. The van der Waals surface area contributed by atoms with Crippen LogP contribution in [0.15, 0.2) is 0 Å². The van der Waals surface area contributed by atoms with Gasteiger partial charge in [0.05, 0.1) is 12.2 Å². The molecule has 1 aliphatic rings. The minimum Gasteiger partial charge on any atom is -0.347 e. The molecule has 1 aliphatic heterocycles. The third-order valence-electron chi connectivity index (χ3n) is 2.28. The van der Waals surface area contributed by atoms with Crippen LogP contribution in [0, 0.1) is 5.92 Å². The van der Waals surface area contributed by atoms with Gasteiger partial charge in [-0.2, -0.15) is 0 Å². The molecule has 2 nitrogen and oxygen atoms in total. The van der Waals surface area contributed by atoms with E-state index < -0.39 is 0 Å². The molecule has 0 saturated carbocycles. The van der Waals surface area contributed by atoms with Crippen LogP contribution in [0.5, 0.6) is 0 Å². The van der Waals surface area contributed by atoms with Crippen LogP contribution in [0.25, 0.3) is 0 Å². The normalized spacial score (nSPS) is 36.2. The topological polar surface area (TPSA) is 18.5 Å². The van der Waals surface area contributed by atoms with Crippen LogP contribution < -0.4 is 0 Å². The van der Waals surface area contributed by atoms with Crippen molar-refractivity contribution in [2.75, 3.05) is 0 Å². The highest BCUT2D eigenvalue weighted by atomic mass is 16.7. The quantitative estimate of drug-likeness (QED) is 0.651. The Labute approximate surface area is 75.2 Å². The van der Waals surface area contributed by atoms with E-state index in [0.29, 0.717) is 12.0 Å². The van der Waals surface area contributed by atoms with Crippen LogP contribution in [0.2, 0.25) is 0 Å². The van der Waals surface area contributed by atoms with Gasteiger partial charge in [-0.25, -0.2) is 0 Å². The molecule has 1 fully saturated rings. The summed E-state index contributed by atoms with van der Waals surface area (Å²) >= 11 is 0. The van der Waals surface area contributed by atoms with Crippen LogP contribution in [0.3, 0.4) is 0 Å². The molecule has 0 radical (unpaired) electrons. The molecule has 0 N–H and O–H groups in total. The van der Waals surface area contributed by atoms with Crippen LogP contribution in [-0.4, -0.2) is 18.5 Å². The fourth-order valence-corrected chi connectivity index (χ4v) is 1.59. The van der Waals surface area contributed by atoms with E-state index in [9.17, 15) is 0 Å². The third kappa shape index (κ3) is 2.46. The lowest BCUT2D eigenvalue weighted by Crippen LogP contribution is -2.17. The maximum Gasteiger partial charge on any atom is 0.158 e. The predicted octanol–water partition coefficient (Wildman–Crippen LogP) is 2.57. The molecule has 3 unspecified atom stereocenters. The predicted molar refractivity (Wildman–Crippen MR) is 49.0 cm³/mol. The van der Waals surface area contributed by atoms with Crippen molar-refractivity contribution in [2.45, 2.75) is 59.0 Å². The second kappa shape index (κ2) is 4.24. The molecule has 0 amide bonds. The van der Waals surface area contributed by atoms with Crippen molar-refractivity contribution >= 4 is 0 Å². The summed E-state index contributed by atoms with van der Waals surface area (Å²) in [7, 11) is 0. The SMILES string of the molecule is CCC1OC(CC(C)C)OC1C. The van der Waals surface area contributed by atoms with Crippen LogP contribution in [0.1, 0.15) is 40.5 Å². The van der Waals surface area contributed by atoms with Gasteiger partial charge in [0.15, 0.2) is 6.29 Å². The standard InChI is InChI=1S/C10H20O2/c1-5-9-8(4)11-10(12-9)6-7(2)3/h7-10H,5-6H2,1-4H3. The monoisotopic (exact) mass is 172 g/mol. The van der Waals surface area contributed by atoms with E-state index >= 15 is 0 Å². The van der Waals surface area contributed by atoms with Gasteiger partial charge in [-0.1, -0.05) is 20.8 Å². The van der Waals surface area contributed by atoms with Gasteiger partial charge >= 0.3 is 0 Å². The van der Waals surface area contributed by atoms with Gasteiger partial charge in [0.2, 0.25) is 0 Å². The molecule has 0 aromatic carbocycles. The summed E-state index contributed by atoms with van der Waals surface area (Å²) in [5, 5.41) is 0. The lowest BCUT2D eigenvalue weighted by Gasteiger charge is -2.11. The average Bonchev–Trinajstić information content (AvgIpc) is 2.29. The summed E-state index contributed by atoms with van der Waals surface area (Å²) in [6.07, 6.45) is 2.70. The number of rotatable bonds is 3. The minimum absolute atomic E-state index is 0.0462. The summed E-state index contributed by atoms with van der Waals surface area (Å²) in [6, 6.07) is 0. The first-order valence-electron chi connectivity index (χ1n) is 4.94. The Hall–Kier alpha value is -0.0800. The van der Waals surface area contributed by atoms with Gasteiger partial charge in [0.1, 0.15) is 0 Å². The van der Waals surface area contributed by atoms with Crippen LogP contribution in [-0.2, 0) is 9.47 Å². The van der Waals surface area contributed by atoms with E-state index in [0.717, 1.165) is 12.8 Å². The molecule has 72 valence electrons. The first-order chi connectivity index (χ1) is 5.63. The third-order valence-corrected chi connectivity index (χ3v) is 2.28. The number of hydrogen-bond donors (Lipinski definition) is 0. The average molecular weight is 172 g/mol. The van der Waals surface area contributed by atoms with Gasteiger partial charge in [0, 0.05) is 6.42 Å². The zero-order valence-electron chi connectivity index (χ0n) is 8.54. The highest BCUT2D eigenvalue weighted by molar-refractivity contribution is 4.72. The maximum absolute atomic E-state index is 5.71. The van der Waals surface area contributed by atoms with Crippen molar-refractivity contribution in [2.24, 2.45) is 5.92 Å². The van der Waals surface area contributed by atoms with Crippen molar-refractivity contribution in [3.63, 3.8) is 0 Å². The van der Waals surface area contributed by atoms with Crippen molar-refractivity contribution < 1.29 is 9.47 Å². The van der Waals surface area contributed by atoms with Crippen LogP contribution in [0.4, 0.5) is 0 Å². The van der Waals surface area contributed by atoms with E-state index in [1.165, 1.54) is 0 Å². The van der Waals surface area contributed by atoms with Gasteiger partial charge in [-0.3, -0.25) is 0 Å². The molecule has 1 saturated heterocycles. The van der Waals surface area contributed by atoms with E-state index in [1.807, 2.05) is 0 Å². The van der Waals surface area contributed by atoms with E-state index in [1.54, 1.807) is 0 Å². The molecule has 0 spiro atoms. The molecule has 1 heterocycles. The first-order valence-corrected chi connectivity index (χ1v) is 4.94. The van der Waals surface area contributed by atoms with E-state index in [4.69, 9.17) is 9.47 Å². The van der Waals surface area contributed by atoms with Gasteiger partial charge in [0.25, 0.3) is 0 Å². The second-order valence-corrected chi connectivity index (χ2v) is 3.98. The molecular weight excluding hydrogens is 152 g/mol. The summed E-state index contributed by atoms with van der Waals surface area (Å²) in [6.45, 7) is 8.62. The van der Waals surface area contributed by atoms with Crippen molar-refractivity contribution in [1.82, 2.24) is 0 Å². The summed E-state index contributed by atoms with van der Waals surface area (Å²) in [5.74, 6) is 0.651. The summed E-state index contributed by atoms with van der Waals surface area (Å²) < 4.78 is 11.4. The van der Waals surface area contributed by atoms with Crippen molar-refractivity contribution in [1.29, 1.82) is 0 Å². The lowest BCUT2D eigenvalue weighted by atomic mass is 10.1. The fraction of sp³-hybridized carbons (Fsp3) is 1.00. The lowest BCUT2D eigenvalue weighted by molar-refractivity contribution is -0.0757. The summed E-state index contributed by atoms with van der Waals surface area (Å²) in [4.78, 5) is 0. The Kier molecular flexibility index (Phi) is 3.53. The maximum atomic E-state index is 5.71. The van der Waals surface area contributed by atoms with Crippen LogP contribution >= 0.6 is 0 Å². The van der Waals surface area contributed by atoms with Crippen molar-refractivity contribution in [3.8, 4) is 0 Å². The molecule has 1 rings (SSSR count). The van der Waals surface area contributed by atoms with Gasteiger partial charge in [-0.05, 0) is 19.3 Å². The van der Waals surface area contributed by atoms with Crippen molar-refractivity contribution in [3.05, 3.63) is 0 Å². The molecule has 12 heavy (non-hydrogen) atoms. The zero-order valence-corrected chi connectivity index (χ0v) is 8.54. The minimum atomic E-state index is 0.0462. The molecule has 3 atom stereocenters. The number of ether oxygens (including phenoxy) is 2. The van der Waals surface area contributed by atoms with Gasteiger partial charge in [-0.15, -0.1) is 0 Å².